The SMILES string of the molecule is N#Cc1ccc(C=CC(=O)c2cccc(N3CCCC3=O)c2)cc1. The Kier molecular flexibility index (Phi) is 4.53. The number of benzene rings is 2. The van der Waals surface area contributed by atoms with Gasteiger partial charge >= 0.3 is 0 Å². The van der Waals surface area contributed by atoms with Crippen LogP contribution in [0.4, 0.5) is 5.69 Å². The van der Waals surface area contributed by atoms with Crippen LogP contribution in [0.15, 0.2) is 54.6 Å². The largest absolute Gasteiger partial charge is 0.312 e. The van der Waals surface area contributed by atoms with Crippen LogP contribution in [0.1, 0.15) is 34.3 Å². The predicted molar refractivity (Wildman–Crippen MR) is 92.6 cm³/mol. The number of rotatable bonds is 4. The van der Waals surface area contributed by atoms with Crippen molar-refractivity contribution in [3.63, 3.8) is 0 Å². The van der Waals surface area contributed by atoms with E-state index in [-0.39, 0.29) is 11.7 Å². The van der Waals surface area contributed by atoms with Gasteiger partial charge in [0.05, 0.1) is 11.6 Å². The lowest BCUT2D eigenvalue weighted by Gasteiger charge is -2.16. The molecule has 0 N–H and O–H groups in total. The second-order valence-corrected chi connectivity index (χ2v) is 5.63. The summed E-state index contributed by atoms with van der Waals surface area (Å²) in [5, 5.41) is 8.78. The first-order chi connectivity index (χ1) is 11.7. The Bertz CT molecular complexity index is 845. The molecule has 118 valence electrons. The number of nitrogens with zero attached hydrogens (tertiary/aromatic N) is 2. The van der Waals surface area contributed by atoms with Gasteiger partial charge in [0.1, 0.15) is 0 Å². The Labute approximate surface area is 140 Å². The molecule has 0 saturated carbocycles. The molecule has 0 unspecified atom stereocenters. The van der Waals surface area contributed by atoms with Gasteiger partial charge in [0.2, 0.25) is 5.91 Å². The van der Waals surface area contributed by atoms with E-state index in [4.69, 9.17) is 5.26 Å². The third-order valence-electron chi connectivity index (χ3n) is 3.98. The standard InChI is InChI=1S/C20H16N2O2/c21-14-16-8-6-15(7-9-16)10-11-19(23)17-3-1-4-18(13-17)22-12-2-5-20(22)24/h1,3-4,6-11,13H,2,5,12H2. The van der Waals surface area contributed by atoms with Crippen LogP contribution in [-0.4, -0.2) is 18.2 Å². The molecule has 1 aliphatic heterocycles. The van der Waals surface area contributed by atoms with E-state index >= 15 is 0 Å². The molecule has 0 spiro atoms. The highest BCUT2D eigenvalue weighted by Gasteiger charge is 2.21. The van der Waals surface area contributed by atoms with Gasteiger partial charge in [-0.1, -0.05) is 30.3 Å². The zero-order chi connectivity index (χ0) is 16.9. The van der Waals surface area contributed by atoms with Crippen molar-refractivity contribution in [1.82, 2.24) is 0 Å². The third-order valence-corrected chi connectivity index (χ3v) is 3.98. The van der Waals surface area contributed by atoms with Crippen LogP contribution in [0.5, 0.6) is 0 Å². The van der Waals surface area contributed by atoms with Crippen molar-refractivity contribution in [3.05, 3.63) is 71.3 Å². The third kappa shape index (κ3) is 3.41. The van der Waals surface area contributed by atoms with Crippen LogP contribution in [0, 0.1) is 11.3 Å². The summed E-state index contributed by atoms with van der Waals surface area (Å²) in [6.07, 6.45) is 4.65. The molecule has 0 aliphatic carbocycles. The number of hydrogen-bond donors (Lipinski definition) is 0. The zero-order valence-corrected chi connectivity index (χ0v) is 13.1. The number of ketones is 1. The van der Waals surface area contributed by atoms with Gasteiger partial charge in [-0.25, -0.2) is 0 Å². The summed E-state index contributed by atoms with van der Waals surface area (Å²) in [5.74, 6) is -0.0134. The molecule has 1 fully saturated rings. The van der Waals surface area contributed by atoms with Gasteiger partial charge in [0, 0.05) is 24.2 Å². The minimum absolute atomic E-state index is 0.104. The highest BCUT2D eigenvalue weighted by molar-refractivity contribution is 6.08. The Balaban J connectivity index is 1.76. The lowest BCUT2D eigenvalue weighted by Crippen LogP contribution is -2.23. The number of amides is 1. The van der Waals surface area contributed by atoms with Gasteiger partial charge in [-0.05, 0) is 42.3 Å². The van der Waals surface area contributed by atoms with E-state index in [1.165, 1.54) is 6.08 Å². The summed E-state index contributed by atoms with van der Waals surface area (Å²) in [6.45, 7) is 0.706. The normalized spacial score (nSPS) is 14.1. The number of carbonyl (C=O) groups excluding carboxylic acids is 2. The minimum atomic E-state index is -0.118. The first-order valence-electron chi connectivity index (χ1n) is 7.80. The number of hydrogen-bond acceptors (Lipinski definition) is 3. The smallest absolute Gasteiger partial charge is 0.227 e. The van der Waals surface area contributed by atoms with Crippen molar-refractivity contribution >= 4 is 23.5 Å². The van der Waals surface area contributed by atoms with Gasteiger partial charge in [-0.15, -0.1) is 0 Å². The van der Waals surface area contributed by atoms with Gasteiger partial charge in [-0.2, -0.15) is 5.26 Å². The number of allylic oxidation sites excluding steroid dienone is 1. The van der Waals surface area contributed by atoms with Crippen molar-refractivity contribution < 1.29 is 9.59 Å². The fourth-order valence-electron chi connectivity index (χ4n) is 2.69. The molecule has 1 aliphatic rings. The topological polar surface area (TPSA) is 61.2 Å². The van der Waals surface area contributed by atoms with E-state index in [9.17, 15) is 9.59 Å². The van der Waals surface area contributed by atoms with E-state index in [0.29, 0.717) is 24.1 Å². The molecule has 24 heavy (non-hydrogen) atoms. The molecular formula is C20H16N2O2. The second-order valence-electron chi connectivity index (χ2n) is 5.63. The summed E-state index contributed by atoms with van der Waals surface area (Å²) in [4.78, 5) is 25.9. The van der Waals surface area contributed by atoms with Gasteiger partial charge in [0.25, 0.3) is 0 Å². The maximum atomic E-state index is 12.3. The summed E-state index contributed by atoms with van der Waals surface area (Å²) < 4.78 is 0. The Hall–Kier alpha value is -3.19. The fraction of sp³-hybridized carbons (Fsp3) is 0.150. The lowest BCUT2D eigenvalue weighted by molar-refractivity contribution is -0.117. The molecule has 4 nitrogen and oxygen atoms in total. The molecule has 2 aromatic carbocycles. The number of nitriles is 1. The van der Waals surface area contributed by atoms with Gasteiger partial charge in [0.15, 0.2) is 5.78 Å². The maximum Gasteiger partial charge on any atom is 0.227 e. The first-order valence-corrected chi connectivity index (χ1v) is 7.80. The number of anilines is 1. The zero-order valence-electron chi connectivity index (χ0n) is 13.1. The summed E-state index contributed by atoms with van der Waals surface area (Å²) >= 11 is 0. The van der Waals surface area contributed by atoms with Crippen molar-refractivity contribution in [2.24, 2.45) is 0 Å². The molecule has 1 heterocycles. The monoisotopic (exact) mass is 316 g/mol. The van der Waals surface area contributed by atoms with Crippen molar-refractivity contribution in [1.29, 1.82) is 5.26 Å². The van der Waals surface area contributed by atoms with Crippen LogP contribution < -0.4 is 4.90 Å². The molecule has 1 amide bonds. The number of carbonyl (C=O) groups is 2. The molecule has 0 bridgehead atoms. The Morgan fingerprint density at radius 2 is 1.96 bits per heavy atom. The molecule has 2 aromatic rings. The quantitative estimate of drug-likeness (QED) is 0.640. The fourth-order valence-corrected chi connectivity index (χ4v) is 2.69. The van der Waals surface area contributed by atoms with Crippen LogP contribution in [0.2, 0.25) is 0 Å². The van der Waals surface area contributed by atoms with Crippen molar-refractivity contribution in [3.8, 4) is 6.07 Å². The van der Waals surface area contributed by atoms with Gasteiger partial charge in [-0.3, -0.25) is 9.59 Å². The summed E-state index contributed by atoms with van der Waals surface area (Å²) in [7, 11) is 0. The molecule has 4 heteroatoms. The van der Waals surface area contributed by atoms with E-state index in [1.54, 1.807) is 53.4 Å². The minimum Gasteiger partial charge on any atom is -0.312 e. The van der Waals surface area contributed by atoms with Crippen LogP contribution in [-0.2, 0) is 4.79 Å². The van der Waals surface area contributed by atoms with Crippen LogP contribution in [0.25, 0.3) is 6.08 Å². The molecule has 1 saturated heterocycles. The van der Waals surface area contributed by atoms with Gasteiger partial charge < -0.3 is 4.90 Å². The van der Waals surface area contributed by atoms with E-state index < -0.39 is 0 Å². The molecule has 0 aromatic heterocycles. The average Bonchev–Trinajstić information content (AvgIpc) is 3.06. The highest BCUT2D eigenvalue weighted by Crippen LogP contribution is 2.22. The van der Waals surface area contributed by atoms with E-state index in [0.717, 1.165) is 17.7 Å². The Morgan fingerprint density at radius 1 is 1.17 bits per heavy atom. The summed E-state index contributed by atoms with van der Waals surface area (Å²) in [5.41, 5.74) is 2.77. The first kappa shape index (κ1) is 15.7. The summed E-state index contributed by atoms with van der Waals surface area (Å²) in [6, 6.07) is 16.2. The maximum absolute atomic E-state index is 12.3. The van der Waals surface area contributed by atoms with E-state index in [2.05, 4.69) is 6.07 Å². The predicted octanol–water partition coefficient (Wildman–Crippen LogP) is 3.58. The van der Waals surface area contributed by atoms with Crippen LogP contribution in [0.3, 0.4) is 0 Å². The highest BCUT2D eigenvalue weighted by atomic mass is 16.2. The Morgan fingerprint density at radius 3 is 2.62 bits per heavy atom. The van der Waals surface area contributed by atoms with Crippen molar-refractivity contribution in [2.45, 2.75) is 12.8 Å². The molecule has 3 rings (SSSR count). The molecule has 0 atom stereocenters. The molecular weight excluding hydrogens is 300 g/mol. The average molecular weight is 316 g/mol. The van der Waals surface area contributed by atoms with E-state index in [1.807, 2.05) is 6.07 Å². The molecule has 0 radical (unpaired) electrons. The second kappa shape index (κ2) is 6.93. The lowest BCUT2D eigenvalue weighted by atomic mass is 10.1. The van der Waals surface area contributed by atoms with Crippen molar-refractivity contribution in [2.75, 3.05) is 11.4 Å². The van der Waals surface area contributed by atoms with Crippen LogP contribution >= 0.6 is 0 Å².